The van der Waals surface area contributed by atoms with E-state index in [0.717, 1.165) is 43.2 Å². The van der Waals surface area contributed by atoms with Crippen molar-refractivity contribution in [2.45, 2.75) is 56.5 Å². The van der Waals surface area contributed by atoms with Crippen molar-refractivity contribution in [2.24, 2.45) is 0 Å². The van der Waals surface area contributed by atoms with Gasteiger partial charge in [-0.05, 0) is 49.9 Å². The van der Waals surface area contributed by atoms with Crippen LogP contribution in [0.5, 0.6) is 0 Å². The van der Waals surface area contributed by atoms with Crippen LogP contribution < -0.4 is 0 Å². The third kappa shape index (κ3) is 3.16. The summed E-state index contributed by atoms with van der Waals surface area (Å²) in [5, 5.41) is -0.541. The molecule has 2 fully saturated rings. The second-order valence-corrected chi connectivity index (χ2v) is 9.49. The van der Waals surface area contributed by atoms with Gasteiger partial charge in [-0.1, -0.05) is 25.3 Å². The van der Waals surface area contributed by atoms with Gasteiger partial charge in [-0.3, -0.25) is 4.79 Å². The molecule has 1 heterocycles. The van der Waals surface area contributed by atoms with Crippen LogP contribution in [0.25, 0.3) is 0 Å². The summed E-state index contributed by atoms with van der Waals surface area (Å²) in [5.41, 5.74) is 2.90. The van der Waals surface area contributed by atoms with Crippen molar-refractivity contribution in [1.29, 1.82) is 0 Å². The van der Waals surface area contributed by atoms with Gasteiger partial charge in [0.05, 0.1) is 10.5 Å². The molecule has 0 N–H and O–H groups in total. The van der Waals surface area contributed by atoms with E-state index in [-0.39, 0.29) is 16.4 Å². The van der Waals surface area contributed by atoms with E-state index in [1.165, 1.54) is 0 Å². The fourth-order valence-electron chi connectivity index (χ4n) is 3.53. The maximum atomic E-state index is 12.6. The van der Waals surface area contributed by atoms with Gasteiger partial charge < -0.3 is 4.90 Å². The second-order valence-electron chi connectivity index (χ2n) is 6.98. The fraction of sp³-hybridized carbons (Fsp3) is 0.611. The summed E-state index contributed by atoms with van der Waals surface area (Å²) in [7, 11) is -3.08. The molecule has 1 aromatic carbocycles. The maximum Gasteiger partial charge on any atom is 0.253 e. The van der Waals surface area contributed by atoms with E-state index in [0.29, 0.717) is 18.7 Å². The molecule has 3 rings (SSSR count). The molecule has 0 atom stereocenters. The molecule has 1 aliphatic heterocycles. The van der Waals surface area contributed by atoms with E-state index in [9.17, 15) is 13.2 Å². The van der Waals surface area contributed by atoms with Crippen molar-refractivity contribution in [3.05, 3.63) is 34.9 Å². The number of amides is 1. The van der Waals surface area contributed by atoms with Crippen LogP contribution in [0.15, 0.2) is 18.2 Å². The predicted octanol–water partition coefficient (Wildman–Crippen LogP) is 2.88. The monoisotopic (exact) mass is 335 g/mol. The number of carbonyl (C=O) groups excluding carboxylic acids is 1. The number of hydrogen-bond acceptors (Lipinski definition) is 3. The van der Waals surface area contributed by atoms with Crippen LogP contribution in [0.2, 0.25) is 0 Å². The molecule has 1 saturated heterocycles. The summed E-state index contributed by atoms with van der Waals surface area (Å²) in [6, 6.07) is 5.66. The summed E-state index contributed by atoms with van der Waals surface area (Å²) in [5.74, 6) is -0.0526. The number of hydrogen-bond donors (Lipinski definition) is 0. The van der Waals surface area contributed by atoms with Crippen molar-refractivity contribution in [2.75, 3.05) is 13.1 Å². The van der Waals surface area contributed by atoms with Gasteiger partial charge in [0.1, 0.15) is 0 Å². The highest BCUT2D eigenvalue weighted by Gasteiger charge is 2.43. The SMILES string of the molecule is Cc1ccc(C(=O)N2CC(S(=O)(=O)C3CCCCC3)C2)cc1C. The number of likely N-dealkylation sites (tertiary alicyclic amines) is 1. The van der Waals surface area contributed by atoms with Crippen LogP contribution in [0.3, 0.4) is 0 Å². The largest absolute Gasteiger partial charge is 0.336 e. The lowest BCUT2D eigenvalue weighted by Gasteiger charge is -2.41. The Balaban J connectivity index is 1.63. The zero-order valence-electron chi connectivity index (χ0n) is 13.9. The molecule has 4 nitrogen and oxygen atoms in total. The third-order valence-corrected chi connectivity index (χ3v) is 8.00. The van der Waals surface area contributed by atoms with E-state index in [1.54, 1.807) is 4.90 Å². The Morgan fingerprint density at radius 3 is 2.26 bits per heavy atom. The minimum absolute atomic E-state index is 0.0526. The van der Waals surface area contributed by atoms with E-state index in [2.05, 4.69) is 0 Å². The third-order valence-electron chi connectivity index (χ3n) is 5.37. The number of rotatable bonds is 3. The Hall–Kier alpha value is -1.36. The molecular weight excluding hydrogens is 310 g/mol. The van der Waals surface area contributed by atoms with Crippen LogP contribution in [0.1, 0.15) is 53.6 Å². The van der Waals surface area contributed by atoms with Gasteiger partial charge in [0.2, 0.25) is 0 Å². The number of sulfone groups is 1. The molecule has 0 radical (unpaired) electrons. The van der Waals surface area contributed by atoms with E-state index >= 15 is 0 Å². The smallest absolute Gasteiger partial charge is 0.253 e. The summed E-state index contributed by atoms with van der Waals surface area (Å²) in [4.78, 5) is 14.1. The molecule has 0 bridgehead atoms. The van der Waals surface area contributed by atoms with Crippen molar-refractivity contribution >= 4 is 15.7 Å². The first-order chi connectivity index (χ1) is 10.9. The normalized spacial score (nSPS) is 20.3. The van der Waals surface area contributed by atoms with Crippen molar-refractivity contribution in [3.63, 3.8) is 0 Å². The van der Waals surface area contributed by atoms with Crippen LogP contribution >= 0.6 is 0 Å². The molecule has 5 heteroatoms. The first-order valence-electron chi connectivity index (χ1n) is 8.49. The van der Waals surface area contributed by atoms with Gasteiger partial charge in [0.25, 0.3) is 5.91 Å². The van der Waals surface area contributed by atoms with Gasteiger partial charge in [-0.25, -0.2) is 8.42 Å². The first kappa shape index (κ1) is 16.5. The molecule has 0 aromatic heterocycles. The van der Waals surface area contributed by atoms with Gasteiger partial charge in [-0.2, -0.15) is 0 Å². The lowest BCUT2D eigenvalue weighted by molar-refractivity contribution is 0.0658. The van der Waals surface area contributed by atoms with Gasteiger partial charge in [-0.15, -0.1) is 0 Å². The van der Waals surface area contributed by atoms with Gasteiger partial charge in [0, 0.05) is 18.7 Å². The Morgan fingerprint density at radius 1 is 1.00 bits per heavy atom. The molecule has 0 unspecified atom stereocenters. The van der Waals surface area contributed by atoms with Crippen molar-refractivity contribution in [3.8, 4) is 0 Å². The molecule has 2 aliphatic rings. The summed E-state index contributed by atoms with van der Waals surface area (Å²) < 4.78 is 25.3. The topological polar surface area (TPSA) is 54.5 Å². The first-order valence-corrected chi connectivity index (χ1v) is 10.1. The fourth-order valence-corrected chi connectivity index (χ4v) is 5.84. The van der Waals surface area contributed by atoms with E-state index in [1.807, 2.05) is 32.0 Å². The van der Waals surface area contributed by atoms with Crippen LogP contribution in [-0.2, 0) is 9.84 Å². The Labute approximate surface area is 138 Å². The van der Waals surface area contributed by atoms with Crippen LogP contribution in [0, 0.1) is 13.8 Å². The highest BCUT2D eigenvalue weighted by Crippen LogP contribution is 2.30. The summed E-state index contributed by atoms with van der Waals surface area (Å²) >= 11 is 0. The maximum absolute atomic E-state index is 12.6. The summed E-state index contributed by atoms with van der Waals surface area (Å²) in [6.45, 7) is 4.70. The minimum Gasteiger partial charge on any atom is -0.336 e. The van der Waals surface area contributed by atoms with E-state index < -0.39 is 9.84 Å². The zero-order chi connectivity index (χ0) is 16.6. The molecule has 1 aromatic rings. The zero-order valence-corrected chi connectivity index (χ0v) is 14.7. The van der Waals surface area contributed by atoms with Crippen LogP contribution in [0.4, 0.5) is 0 Å². The molecule has 23 heavy (non-hydrogen) atoms. The Bertz CT molecular complexity index is 699. The van der Waals surface area contributed by atoms with Gasteiger partial charge in [0.15, 0.2) is 9.84 Å². The molecular formula is C18H25NO3S. The molecule has 126 valence electrons. The predicted molar refractivity (Wildman–Crippen MR) is 91.4 cm³/mol. The van der Waals surface area contributed by atoms with Crippen molar-refractivity contribution in [1.82, 2.24) is 4.90 Å². The minimum atomic E-state index is -3.08. The Kier molecular flexibility index (Phi) is 4.50. The average molecular weight is 335 g/mol. The molecule has 0 spiro atoms. The number of carbonyl (C=O) groups is 1. The van der Waals surface area contributed by atoms with Gasteiger partial charge >= 0.3 is 0 Å². The highest BCUT2D eigenvalue weighted by atomic mass is 32.2. The quantitative estimate of drug-likeness (QED) is 0.853. The lowest BCUT2D eigenvalue weighted by Crippen LogP contribution is -2.58. The standard InChI is InChI=1S/C18H25NO3S/c1-13-8-9-15(10-14(13)2)18(20)19-11-17(12-19)23(21,22)16-6-4-3-5-7-16/h8-10,16-17H,3-7,11-12H2,1-2H3. The highest BCUT2D eigenvalue weighted by molar-refractivity contribution is 7.92. The Morgan fingerprint density at radius 2 is 1.65 bits per heavy atom. The van der Waals surface area contributed by atoms with Crippen LogP contribution in [-0.4, -0.2) is 42.8 Å². The number of nitrogens with zero attached hydrogens (tertiary/aromatic N) is 1. The second kappa shape index (κ2) is 6.27. The summed E-state index contributed by atoms with van der Waals surface area (Å²) in [6.07, 6.45) is 4.77. The van der Waals surface area contributed by atoms with Crippen molar-refractivity contribution < 1.29 is 13.2 Å². The number of aryl methyl sites for hydroxylation is 2. The molecule has 1 saturated carbocycles. The molecule has 1 aliphatic carbocycles. The number of benzene rings is 1. The lowest BCUT2D eigenvalue weighted by atomic mass is 10.0. The molecule has 1 amide bonds. The average Bonchev–Trinajstić information content (AvgIpc) is 2.49. The van der Waals surface area contributed by atoms with E-state index in [4.69, 9.17) is 0 Å².